The van der Waals surface area contributed by atoms with E-state index in [0.29, 0.717) is 15.7 Å². The summed E-state index contributed by atoms with van der Waals surface area (Å²) in [5.74, 6) is 0.200. The van der Waals surface area contributed by atoms with E-state index in [2.05, 4.69) is 0 Å². The summed E-state index contributed by atoms with van der Waals surface area (Å²) in [6.45, 7) is 3.80. The van der Waals surface area contributed by atoms with E-state index < -0.39 is 11.7 Å². The minimum atomic E-state index is -4.36. The first-order valence-corrected chi connectivity index (χ1v) is 6.02. The van der Waals surface area contributed by atoms with E-state index in [-0.39, 0.29) is 12.5 Å². The number of benzene rings is 1. The van der Waals surface area contributed by atoms with Crippen LogP contribution in [0.25, 0.3) is 0 Å². The predicted octanol–water partition coefficient (Wildman–Crippen LogP) is 3.99. The van der Waals surface area contributed by atoms with Crippen LogP contribution in [-0.2, 0) is 10.9 Å². The summed E-state index contributed by atoms with van der Waals surface area (Å²) in [6.07, 6.45) is -4.36. The predicted molar refractivity (Wildman–Crippen MR) is 66.0 cm³/mol. The molecule has 6 heteroatoms. The van der Waals surface area contributed by atoms with E-state index in [1.807, 2.05) is 22.6 Å². The molecule has 0 aliphatic carbocycles. The molecule has 0 unspecified atom stereocenters. The summed E-state index contributed by atoms with van der Waals surface area (Å²) in [7, 11) is 0. The van der Waals surface area contributed by atoms with Crippen molar-refractivity contribution in [2.45, 2.75) is 20.0 Å². The first kappa shape index (κ1) is 14.6. The van der Waals surface area contributed by atoms with Crippen LogP contribution in [0.15, 0.2) is 12.1 Å². The zero-order valence-corrected chi connectivity index (χ0v) is 11.6. The van der Waals surface area contributed by atoms with Crippen LogP contribution < -0.4 is 4.74 Å². The number of hydrogen-bond acceptors (Lipinski definition) is 2. The van der Waals surface area contributed by atoms with Gasteiger partial charge in [-0.05, 0) is 54.1 Å². The van der Waals surface area contributed by atoms with Gasteiger partial charge in [-0.2, -0.15) is 13.2 Å². The number of alkyl halides is 3. The minimum absolute atomic E-state index is 0.0484. The smallest absolute Gasteiger partial charge is 0.416 e. The van der Waals surface area contributed by atoms with Crippen LogP contribution >= 0.6 is 22.6 Å². The standard InChI is InChI=1S/C11H12F3IO2/c1-3-16-6-17-9-5-8(11(12,13)14)4-7(2)10(9)15/h4-5H,3,6H2,1-2H3. The molecule has 0 bridgehead atoms. The van der Waals surface area contributed by atoms with Crippen LogP contribution in [0, 0.1) is 10.5 Å². The van der Waals surface area contributed by atoms with Crippen LogP contribution in [0.4, 0.5) is 13.2 Å². The Balaban J connectivity index is 2.99. The third-order valence-electron chi connectivity index (χ3n) is 2.05. The van der Waals surface area contributed by atoms with Crippen LogP contribution in [-0.4, -0.2) is 13.4 Å². The van der Waals surface area contributed by atoms with Crippen molar-refractivity contribution in [1.82, 2.24) is 0 Å². The van der Waals surface area contributed by atoms with Gasteiger partial charge in [0.2, 0.25) is 0 Å². The van der Waals surface area contributed by atoms with Gasteiger partial charge >= 0.3 is 6.18 Å². The third kappa shape index (κ3) is 4.02. The van der Waals surface area contributed by atoms with Gasteiger partial charge in [-0.15, -0.1) is 0 Å². The lowest BCUT2D eigenvalue weighted by Crippen LogP contribution is -2.09. The number of ether oxygens (including phenoxy) is 2. The van der Waals surface area contributed by atoms with Crippen molar-refractivity contribution in [3.63, 3.8) is 0 Å². The molecule has 0 saturated carbocycles. The largest absolute Gasteiger partial charge is 0.466 e. The van der Waals surface area contributed by atoms with E-state index in [4.69, 9.17) is 9.47 Å². The van der Waals surface area contributed by atoms with Crippen LogP contribution in [0.5, 0.6) is 5.75 Å². The van der Waals surface area contributed by atoms with E-state index in [1.54, 1.807) is 13.8 Å². The number of aryl methyl sites for hydroxylation is 1. The zero-order chi connectivity index (χ0) is 13.1. The average molecular weight is 360 g/mol. The minimum Gasteiger partial charge on any atom is -0.466 e. The van der Waals surface area contributed by atoms with Gasteiger partial charge in [0.15, 0.2) is 6.79 Å². The number of hydrogen-bond donors (Lipinski definition) is 0. The van der Waals surface area contributed by atoms with Crippen molar-refractivity contribution in [3.05, 3.63) is 26.8 Å². The molecule has 0 N–H and O–H groups in total. The molecule has 0 atom stereocenters. The molecule has 17 heavy (non-hydrogen) atoms. The molecule has 0 aliphatic rings. The highest BCUT2D eigenvalue weighted by atomic mass is 127. The lowest BCUT2D eigenvalue weighted by Gasteiger charge is -2.14. The van der Waals surface area contributed by atoms with Gasteiger partial charge in [0.25, 0.3) is 0 Å². The number of rotatable bonds is 4. The summed E-state index contributed by atoms with van der Waals surface area (Å²) in [5, 5.41) is 0. The monoisotopic (exact) mass is 360 g/mol. The van der Waals surface area contributed by atoms with Gasteiger partial charge in [0.05, 0.1) is 9.13 Å². The molecule has 1 aromatic rings. The van der Waals surface area contributed by atoms with Crippen LogP contribution in [0.1, 0.15) is 18.1 Å². The molecule has 1 aromatic carbocycles. The van der Waals surface area contributed by atoms with Gasteiger partial charge in [-0.3, -0.25) is 0 Å². The fourth-order valence-electron chi connectivity index (χ4n) is 1.19. The Morgan fingerprint density at radius 3 is 2.47 bits per heavy atom. The SMILES string of the molecule is CCOCOc1cc(C(F)(F)F)cc(C)c1I. The molecule has 0 aliphatic heterocycles. The Morgan fingerprint density at radius 1 is 1.29 bits per heavy atom. The maximum Gasteiger partial charge on any atom is 0.416 e. The maximum absolute atomic E-state index is 12.6. The first-order valence-electron chi connectivity index (χ1n) is 4.94. The maximum atomic E-state index is 12.6. The molecular weight excluding hydrogens is 348 g/mol. The molecule has 1 rings (SSSR count). The molecule has 0 spiro atoms. The lowest BCUT2D eigenvalue weighted by atomic mass is 10.1. The van der Waals surface area contributed by atoms with E-state index in [1.165, 1.54) is 0 Å². The number of halogens is 4. The fraction of sp³-hybridized carbons (Fsp3) is 0.455. The highest BCUT2D eigenvalue weighted by Gasteiger charge is 2.31. The highest BCUT2D eigenvalue weighted by Crippen LogP contribution is 2.35. The Labute approximate surface area is 111 Å². The molecule has 0 aromatic heterocycles. The van der Waals surface area contributed by atoms with Crippen molar-refractivity contribution < 1.29 is 22.6 Å². The first-order chi connectivity index (χ1) is 7.86. The summed E-state index contributed by atoms with van der Waals surface area (Å²) in [6, 6.07) is 2.10. The summed E-state index contributed by atoms with van der Waals surface area (Å²) in [4.78, 5) is 0. The van der Waals surface area contributed by atoms with Crippen molar-refractivity contribution in [2.75, 3.05) is 13.4 Å². The normalized spacial score (nSPS) is 11.6. The van der Waals surface area contributed by atoms with E-state index in [9.17, 15) is 13.2 Å². The van der Waals surface area contributed by atoms with Crippen molar-refractivity contribution >= 4 is 22.6 Å². The Morgan fingerprint density at radius 2 is 1.94 bits per heavy atom. The average Bonchev–Trinajstić information content (AvgIpc) is 2.22. The second-order valence-corrected chi connectivity index (χ2v) is 4.44. The summed E-state index contributed by atoms with van der Waals surface area (Å²) in [5.41, 5.74) is -0.172. The van der Waals surface area contributed by atoms with Gasteiger partial charge in [-0.1, -0.05) is 0 Å². The molecule has 0 radical (unpaired) electrons. The summed E-state index contributed by atoms with van der Waals surface area (Å²) >= 11 is 1.95. The summed E-state index contributed by atoms with van der Waals surface area (Å²) < 4.78 is 48.5. The molecule has 2 nitrogen and oxygen atoms in total. The van der Waals surface area contributed by atoms with Gasteiger partial charge < -0.3 is 9.47 Å². The highest BCUT2D eigenvalue weighted by molar-refractivity contribution is 14.1. The fourth-order valence-corrected chi connectivity index (χ4v) is 1.66. The zero-order valence-electron chi connectivity index (χ0n) is 9.40. The third-order valence-corrected chi connectivity index (χ3v) is 3.43. The Hall–Kier alpha value is -0.500. The van der Waals surface area contributed by atoms with Crippen LogP contribution in [0.3, 0.4) is 0 Å². The molecule has 0 heterocycles. The van der Waals surface area contributed by atoms with Crippen molar-refractivity contribution in [1.29, 1.82) is 0 Å². The van der Waals surface area contributed by atoms with Gasteiger partial charge in [0, 0.05) is 6.61 Å². The van der Waals surface area contributed by atoms with Gasteiger partial charge in [-0.25, -0.2) is 0 Å². The second-order valence-electron chi connectivity index (χ2n) is 3.36. The molecular formula is C11H12F3IO2. The molecule has 0 amide bonds. The topological polar surface area (TPSA) is 18.5 Å². The van der Waals surface area contributed by atoms with Crippen molar-refractivity contribution in [3.8, 4) is 5.75 Å². The quantitative estimate of drug-likeness (QED) is 0.459. The van der Waals surface area contributed by atoms with Gasteiger partial charge in [0.1, 0.15) is 5.75 Å². The van der Waals surface area contributed by atoms with Crippen LogP contribution in [0.2, 0.25) is 0 Å². The Kier molecular flexibility index (Phi) is 5.05. The second kappa shape index (κ2) is 5.90. The van der Waals surface area contributed by atoms with E-state index in [0.717, 1.165) is 12.1 Å². The Bertz CT molecular complexity index is 391. The lowest BCUT2D eigenvalue weighted by molar-refractivity contribution is -0.137. The molecule has 96 valence electrons. The van der Waals surface area contributed by atoms with Crippen molar-refractivity contribution in [2.24, 2.45) is 0 Å². The molecule has 0 fully saturated rings. The van der Waals surface area contributed by atoms with E-state index >= 15 is 0 Å². The molecule has 0 saturated heterocycles.